The van der Waals surface area contributed by atoms with Crippen LogP contribution in [0.2, 0.25) is 0 Å². The maximum Gasteiger partial charge on any atom is 0.129 e. The number of aryl methyl sites for hydroxylation is 1. The molecule has 1 N–H and O–H groups in total. The molecular formula is C25H23F3N2O. The molecule has 160 valence electrons. The summed E-state index contributed by atoms with van der Waals surface area (Å²) in [6, 6.07) is 9.79. The van der Waals surface area contributed by atoms with Gasteiger partial charge in [-0.3, -0.25) is 0 Å². The topological polar surface area (TPSA) is 38.0 Å². The number of hydrogen-bond acceptors (Lipinski definition) is 2. The second kappa shape index (κ2) is 7.09. The van der Waals surface area contributed by atoms with Crippen molar-refractivity contribution in [2.75, 3.05) is 0 Å². The van der Waals surface area contributed by atoms with Crippen molar-refractivity contribution in [3.05, 3.63) is 88.5 Å². The number of aromatic nitrogens is 2. The summed E-state index contributed by atoms with van der Waals surface area (Å²) in [5, 5.41) is 16.1. The van der Waals surface area contributed by atoms with E-state index in [-0.39, 0.29) is 5.82 Å². The van der Waals surface area contributed by atoms with Gasteiger partial charge in [0.05, 0.1) is 23.2 Å². The van der Waals surface area contributed by atoms with E-state index in [2.05, 4.69) is 18.1 Å². The zero-order chi connectivity index (χ0) is 21.8. The normalized spacial score (nSPS) is 24.6. The number of benzene rings is 2. The van der Waals surface area contributed by atoms with Crippen LogP contribution in [0.4, 0.5) is 13.2 Å². The van der Waals surface area contributed by atoms with Gasteiger partial charge in [0.2, 0.25) is 0 Å². The third kappa shape index (κ3) is 3.21. The van der Waals surface area contributed by atoms with E-state index in [1.165, 1.54) is 24.3 Å². The predicted octanol–water partition coefficient (Wildman–Crippen LogP) is 5.39. The fraction of sp³-hybridized carbons (Fsp3) is 0.320. The summed E-state index contributed by atoms with van der Waals surface area (Å²) >= 11 is 0. The molecule has 0 bridgehead atoms. The van der Waals surface area contributed by atoms with Crippen LogP contribution in [0.3, 0.4) is 0 Å². The van der Waals surface area contributed by atoms with Crippen LogP contribution in [0, 0.1) is 22.9 Å². The maximum absolute atomic E-state index is 14.1. The predicted molar refractivity (Wildman–Crippen MR) is 112 cm³/mol. The summed E-state index contributed by atoms with van der Waals surface area (Å²) in [4.78, 5) is 0. The second-order valence-corrected chi connectivity index (χ2v) is 8.89. The molecule has 0 spiro atoms. The van der Waals surface area contributed by atoms with Gasteiger partial charge in [-0.2, -0.15) is 5.10 Å². The van der Waals surface area contributed by atoms with Gasteiger partial charge in [-0.25, -0.2) is 17.9 Å². The highest BCUT2D eigenvalue weighted by Gasteiger charge is 2.54. The molecule has 3 aromatic rings. The van der Waals surface area contributed by atoms with E-state index in [9.17, 15) is 18.3 Å². The van der Waals surface area contributed by atoms with Crippen LogP contribution in [0.25, 0.3) is 11.8 Å². The van der Waals surface area contributed by atoms with Crippen molar-refractivity contribution in [3.8, 4) is 5.69 Å². The van der Waals surface area contributed by atoms with Gasteiger partial charge in [0.15, 0.2) is 0 Å². The molecule has 2 aromatic carbocycles. The first-order valence-corrected chi connectivity index (χ1v) is 10.5. The van der Waals surface area contributed by atoms with Crippen molar-refractivity contribution in [1.29, 1.82) is 0 Å². The van der Waals surface area contributed by atoms with Crippen molar-refractivity contribution in [2.45, 2.75) is 44.6 Å². The molecule has 1 fully saturated rings. The maximum atomic E-state index is 14.1. The molecule has 3 nitrogen and oxygen atoms in total. The molecule has 5 rings (SSSR count). The van der Waals surface area contributed by atoms with Crippen LogP contribution in [0.5, 0.6) is 0 Å². The SMILES string of the molecule is C[C@]12Cc3cnn(-c4ccc(F)cc4)c3C=C1CC[C@@]2(O)CCc1ccc(F)cc1F. The Bertz CT molecular complexity index is 1180. The first kappa shape index (κ1) is 20.1. The van der Waals surface area contributed by atoms with Gasteiger partial charge in [-0.05, 0) is 79.6 Å². The van der Waals surface area contributed by atoms with Crippen LogP contribution in [-0.2, 0) is 12.8 Å². The van der Waals surface area contributed by atoms with Crippen molar-refractivity contribution in [1.82, 2.24) is 9.78 Å². The molecule has 0 unspecified atom stereocenters. The minimum absolute atomic E-state index is 0.297. The van der Waals surface area contributed by atoms with E-state index < -0.39 is 22.7 Å². The third-order valence-corrected chi connectivity index (χ3v) is 7.18. The first-order chi connectivity index (χ1) is 14.8. The van der Waals surface area contributed by atoms with Crippen LogP contribution >= 0.6 is 0 Å². The highest BCUT2D eigenvalue weighted by molar-refractivity contribution is 5.62. The number of rotatable bonds is 4. The first-order valence-electron chi connectivity index (χ1n) is 10.5. The molecular weight excluding hydrogens is 401 g/mol. The molecule has 31 heavy (non-hydrogen) atoms. The quantitative estimate of drug-likeness (QED) is 0.610. The molecule has 0 saturated heterocycles. The standard InChI is InChI=1S/C25H23F3N2O/c1-24-14-17-15-29-30(21-6-4-19(26)5-7-21)23(17)12-18(24)9-11-25(24,31)10-8-16-2-3-20(27)13-22(16)28/h2-7,12-13,15,31H,8-11,14H2,1H3/t24-,25-/m0/s1. The van der Waals surface area contributed by atoms with E-state index >= 15 is 0 Å². The molecule has 6 heteroatoms. The molecule has 1 saturated carbocycles. The van der Waals surface area contributed by atoms with Crippen LogP contribution in [-0.4, -0.2) is 20.5 Å². The largest absolute Gasteiger partial charge is 0.389 e. The van der Waals surface area contributed by atoms with Gasteiger partial charge in [-0.1, -0.05) is 18.6 Å². The zero-order valence-electron chi connectivity index (χ0n) is 17.2. The highest BCUT2D eigenvalue weighted by Crippen LogP contribution is 2.56. The molecule has 1 heterocycles. The lowest BCUT2D eigenvalue weighted by Gasteiger charge is -2.42. The van der Waals surface area contributed by atoms with E-state index in [4.69, 9.17) is 0 Å². The zero-order valence-corrected chi connectivity index (χ0v) is 17.2. The van der Waals surface area contributed by atoms with Crippen molar-refractivity contribution in [2.24, 2.45) is 5.41 Å². The van der Waals surface area contributed by atoms with E-state index in [0.717, 1.165) is 35.0 Å². The average molecular weight is 424 g/mol. The summed E-state index contributed by atoms with van der Waals surface area (Å²) in [6.07, 6.45) is 6.58. The Hall–Kier alpha value is -2.86. The van der Waals surface area contributed by atoms with Crippen LogP contribution in [0.1, 0.15) is 43.0 Å². The summed E-state index contributed by atoms with van der Waals surface area (Å²) in [6.45, 7) is 2.06. The number of nitrogens with zero attached hydrogens (tertiary/aromatic N) is 2. The Balaban J connectivity index is 1.43. The van der Waals surface area contributed by atoms with Crippen LogP contribution in [0.15, 0.2) is 54.2 Å². The fourth-order valence-electron chi connectivity index (χ4n) is 5.18. The molecule has 0 radical (unpaired) electrons. The molecule has 0 amide bonds. The Morgan fingerprint density at radius 2 is 1.81 bits per heavy atom. The second-order valence-electron chi connectivity index (χ2n) is 8.89. The Kier molecular flexibility index (Phi) is 4.59. The Morgan fingerprint density at radius 3 is 2.55 bits per heavy atom. The van der Waals surface area contributed by atoms with Gasteiger partial charge in [-0.15, -0.1) is 0 Å². The number of halogens is 3. The van der Waals surface area contributed by atoms with Gasteiger partial charge < -0.3 is 5.11 Å². The van der Waals surface area contributed by atoms with E-state index in [0.29, 0.717) is 31.2 Å². The minimum atomic E-state index is -0.991. The van der Waals surface area contributed by atoms with Crippen molar-refractivity contribution < 1.29 is 18.3 Å². The molecule has 0 aliphatic heterocycles. The van der Waals surface area contributed by atoms with Crippen LogP contribution < -0.4 is 0 Å². The van der Waals surface area contributed by atoms with E-state index in [1.807, 2.05) is 0 Å². The van der Waals surface area contributed by atoms with Crippen molar-refractivity contribution >= 4 is 6.08 Å². The van der Waals surface area contributed by atoms with Gasteiger partial charge in [0, 0.05) is 11.5 Å². The molecule has 2 aliphatic rings. The monoisotopic (exact) mass is 424 g/mol. The van der Waals surface area contributed by atoms with E-state index in [1.54, 1.807) is 23.0 Å². The summed E-state index contributed by atoms with van der Waals surface area (Å²) < 4.78 is 42.4. The fourth-order valence-corrected chi connectivity index (χ4v) is 5.18. The molecule has 2 atom stereocenters. The van der Waals surface area contributed by atoms with Crippen molar-refractivity contribution in [3.63, 3.8) is 0 Å². The highest BCUT2D eigenvalue weighted by atomic mass is 19.1. The lowest BCUT2D eigenvalue weighted by atomic mass is 9.65. The summed E-state index contributed by atoms with van der Waals surface area (Å²) in [7, 11) is 0. The smallest absolute Gasteiger partial charge is 0.129 e. The Morgan fingerprint density at radius 1 is 1.06 bits per heavy atom. The summed E-state index contributed by atoms with van der Waals surface area (Å²) in [5.74, 6) is -1.47. The Labute approximate surface area is 178 Å². The third-order valence-electron chi connectivity index (χ3n) is 7.18. The van der Waals surface area contributed by atoms with Gasteiger partial charge in [0.25, 0.3) is 0 Å². The van der Waals surface area contributed by atoms with Gasteiger partial charge >= 0.3 is 0 Å². The number of hydrogen-bond donors (Lipinski definition) is 1. The number of fused-ring (bicyclic) bond motifs is 2. The minimum Gasteiger partial charge on any atom is -0.389 e. The lowest BCUT2D eigenvalue weighted by Crippen LogP contribution is -2.45. The molecule has 1 aromatic heterocycles. The number of aliphatic hydroxyl groups is 1. The van der Waals surface area contributed by atoms with Gasteiger partial charge in [0.1, 0.15) is 17.5 Å². The molecule has 2 aliphatic carbocycles. The summed E-state index contributed by atoms with van der Waals surface area (Å²) in [5.41, 5.74) is 2.84. The lowest BCUT2D eigenvalue weighted by molar-refractivity contribution is -0.0462. The average Bonchev–Trinajstić information content (AvgIpc) is 3.24.